The fraction of sp³-hybridized carbons (Fsp3) is 0.471. The minimum atomic E-state index is 0.142. The summed E-state index contributed by atoms with van der Waals surface area (Å²) >= 11 is 0. The van der Waals surface area contributed by atoms with Gasteiger partial charge in [-0.1, -0.05) is 6.07 Å². The summed E-state index contributed by atoms with van der Waals surface area (Å²) in [5, 5.41) is 8.38. The van der Waals surface area contributed by atoms with E-state index in [1.165, 1.54) is 24.0 Å². The molecule has 5 heteroatoms. The number of aryl methyl sites for hydroxylation is 2. The smallest absolute Gasteiger partial charge is 0.253 e. The van der Waals surface area contributed by atoms with Crippen molar-refractivity contribution in [3.8, 4) is 0 Å². The Bertz CT molecular complexity index is 680. The minimum absolute atomic E-state index is 0.142. The SMILES string of the molecule is O=C(c1ccc2c(c1)CCCC2)N1CCC(n2nccn2)C1. The molecular formula is C17H20N4O. The van der Waals surface area contributed by atoms with E-state index in [1.54, 1.807) is 17.2 Å². The van der Waals surface area contributed by atoms with Gasteiger partial charge in [0.15, 0.2) is 0 Å². The fourth-order valence-corrected chi connectivity index (χ4v) is 3.58. The Labute approximate surface area is 129 Å². The van der Waals surface area contributed by atoms with Crippen LogP contribution in [-0.4, -0.2) is 38.9 Å². The summed E-state index contributed by atoms with van der Waals surface area (Å²) in [4.78, 5) is 16.4. The number of carbonyl (C=O) groups is 1. The molecule has 1 saturated heterocycles. The molecule has 0 spiro atoms. The second kappa shape index (κ2) is 5.55. The topological polar surface area (TPSA) is 51.0 Å². The molecule has 4 rings (SSSR count). The minimum Gasteiger partial charge on any atom is -0.336 e. The average Bonchev–Trinajstić information content (AvgIpc) is 3.24. The maximum atomic E-state index is 12.7. The molecule has 0 radical (unpaired) electrons. The molecule has 2 heterocycles. The Morgan fingerprint density at radius 2 is 1.86 bits per heavy atom. The molecule has 1 amide bonds. The molecule has 2 aliphatic rings. The molecule has 1 aromatic carbocycles. The number of rotatable bonds is 2. The van der Waals surface area contributed by atoms with Crippen LogP contribution in [0.25, 0.3) is 0 Å². The molecule has 1 aliphatic carbocycles. The van der Waals surface area contributed by atoms with Crippen molar-refractivity contribution in [2.75, 3.05) is 13.1 Å². The molecule has 1 fully saturated rings. The standard InChI is InChI=1S/C17H20N4O/c22-17(15-6-5-13-3-1-2-4-14(13)11-15)20-10-7-16(12-20)21-18-8-9-19-21/h5-6,8-9,11,16H,1-4,7,10,12H2. The van der Waals surface area contributed by atoms with Crippen LogP contribution in [0.1, 0.15) is 46.8 Å². The van der Waals surface area contributed by atoms with Crippen molar-refractivity contribution in [3.63, 3.8) is 0 Å². The summed E-state index contributed by atoms with van der Waals surface area (Å²) < 4.78 is 0. The zero-order valence-corrected chi connectivity index (χ0v) is 12.6. The number of amides is 1. The summed E-state index contributed by atoms with van der Waals surface area (Å²) in [6.45, 7) is 1.48. The van der Waals surface area contributed by atoms with Gasteiger partial charge in [-0.2, -0.15) is 15.0 Å². The highest BCUT2D eigenvalue weighted by Crippen LogP contribution is 2.25. The van der Waals surface area contributed by atoms with Crippen LogP contribution in [-0.2, 0) is 12.8 Å². The first kappa shape index (κ1) is 13.5. The van der Waals surface area contributed by atoms with E-state index >= 15 is 0 Å². The van der Waals surface area contributed by atoms with E-state index in [9.17, 15) is 4.79 Å². The van der Waals surface area contributed by atoms with Gasteiger partial charge in [-0.05, 0) is 55.4 Å². The molecular weight excluding hydrogens is 276 g/mol. The maximum absolute atomic E-state index is 12.7. The number of likely N-dealkylation sites (tertiary alicyclic amines) is 1. The van der Waals surface area contributed by atoms with Crippen LogP contribution in [0.2, 0.25) is 0 Å². The van der Waals surface area contributed by atoms with Gasteiger partial charge in [0, 0.05) is 18.7 Å². The molecule has 5 nitrogen and oxygen atoms in total. The lowest BCUT2D eigenvalue weighted by Crippen LogP contribution is -2.29. The van der Waals surface area contributed by atoms with Gasteiger partial charge in [-0.25, -0.2) is 0 Å². The van der Waals surface area contributed by atoms with Crippen molar-refractivity contribution in [2.24, 2.45) is 0 Å². The van der Waals surface area contributed by atoms with Crippen molar-refractivity contribution in [3.05, 3.63) is 47.3 Å². The number of hydrogen-bond donors (Lipinski definition) is 0. The van der Waals surface area contributed by atoms with E-state index in [4.69, 9.17) is 0 Å². The Kier molecular flexibility index (Phi) is 3.41. The second-order valence-electron chi connectivity index (χ2n) is 6.23. The van der Waals surface area contributed by atoms with Crippen molar-refractivity contribution in [2.45, 2.75) is 38.1 Å². The number of nitrogens with zero attached hydrogens (tertiary/aromatic N) is 4. The molecule has 0 bridgehead atoms. The first-order valence-electron chi connectivity index (χ1n) is 8.08. The van der Waals surface area contributed by atoms with Crippen LogP contribution in [0, 0.1) is 0 Å². The first-order valence-corrected chi connectivity index (χ1v) is 8.08. The number of benzene rings is 1. The summed E-state index contributed by atoms with van der Waals surface area (Å²) in [6, 6.07) is 6.45. The van der Waals surface area contributed by atoms with Crippen molar-refractivity contribution in [1.82, 2.24) is 19.9 Å². The largest absolute Gasteiger partial charge is 0.336 e. The highest BCUT2D eigenvalue weighted by Gasteiger charge is 2.29. The third kappa shape index (κ3) is 2.40. The van der Waals surface area contributed by atoms with Gasteiger partial charge in [-0.15, -0.1) is 0 Å². The summed E-state index contributed by atoms with van der Waals surface area (Å²) in [5.41, 5.74) is 3.61. The molecule has 22 heavy (non-hydrogen) atoms. The lowest BCUT2D eigenvalue weighted by molar-refractivity contribution is 0.0786. The molecule has 1 atom stereocenters. The van der Waals surface area contributed by atoms with Crippen LogP contribution in [0.4, 0.5) is 0 Å². The van der Waals surface area contributed by atoms with E-state index in [2.05, 4.69) is 22.3 Å². The highest BCUT2D eigenvalue weighted by molar-refractivity contribution is 5.94. The molecule has 114 valence electrons. The van der Waals surface area contributed by atoms with E-state index in [0.29, 0.717) is 6.54 Å². The predicted octanol–water partition coefficient (Wildman–Crippen LogP) is 2.24. The molecule has 1 aromatic heterocycles. The zero-order valence-electron chi connectivity index (χ0n) is 12.6. The molecule has 1 unspecified atom stereocenters. The van der Waals surface area contributed by atoms with Gasteiger partial charge >= 0.3 is 0 Å². The average molecular weight is 296 g/mol. The van der Waals surface area contributed by atoms with Crippen LogP contribution in [0.15, 0.2) is 30.6 Å². The summed E-state index contributed by atoms with van der Waals surface area (Å²) in [7, 11) is 0. The normalized spacial score (nSPS) is 20.9. The van der Waals surface area contributed by atoms with E-state index < -0.39 is 0 Å². The fourth-order valence-electron chi connectivity index (χ4n) is 3.58. The number of carbonyl (C=O) groups excluding carboxylic acids is 1. The van der Waals surface area contributed by atoms with E-state index in [-0.39, 0.29) is 11.9 Å². The van der Waals surface area contributed by atoms with Crippen molar-refractivity contribution < 1.29 is 4.79 Å². The lowest BCUT2D eigenvalue weighted by atomic mass is 9.90. The highest BCUT2D eigenvalue weighted by atomic mass is 16.2. The van der Waals surface area contributed by atoms with E-state index in [0.717, 1.165) is 31.4 Å². The monoisotopic (exact) mass is 296 g/mol. The summed E-state index contributed by atoms with van der Waals surface area (Å²) in [5.74, 6) is 0.142. The van der Waals surface area contributed by atoms with Gasteiger partial charge in [0.25, 0.3) is 5.91 Å². The Morgan fingerprint density at radius 1 is 1.09 bits per heavy atom. The zero-order chi connectivity index (χ0) is 14.9. The van der Waals surface area contributed by atoms with Crippen molar-refractivity contribution in [1.29, 1.82) is 0 Å². The van der Waals surface area contributed by atoms with Gasteiger partial charge in [-0.3, -0.25) is 4.79 Å². The van der Waals surface area contributed by atoms with Gasteiger partial charge < -0.3 is 4.90 Å². The maximum Gasteiger partial charge on any atom is 0.253 e. The molecule has 0 N–H and O–H groups in total. The lowest BCUT2D eigenvalue weighted by Gasteiger charge is -2.19. The Hall–Kier alpha value is -2.17. The third-order valence-electron chi connectivity index (χ3n) is 4.81. The Balaban J connectivity index is 1.50. The van der Waals surface area contributed by atoms with Crippen LogP contribution >= 0.6 is 0 Å². The van der Waals surface area contributed by atoms with Crippen molar-refractivity contribution >= 4 is 5.91 Å². The number of fused-ring (bicyclic) bond motifs is 1. The predicted molar refractivity (Wildman–Crippen MR) is 82.7 cm³/mol. The van der Waals surface area contributed by atoms with Crippen LogP contribution in [0.5, 0.6) is 0 Å². The number of aromatic nitrogens is 3. The Morgan fingerprint density at radius 3 is 2.68 bits per heavy atom. The third-order valence-corrected chi connectivity index (χ3v) is 4.81. The molecule has 2 aromatic rings. The molecule has 1 aliphatic heterocycles. The summed E-state index contributed by atoms with van der Waals surface area (Å²) in [6.07, 6.45) is 9.07. The van der Waals surface area contributed by atoms with Crippen LogP contribution in [0.3, 0.4) is 0 Å². The van der Waals surface area contributed by atoms with Gasteiger partial charge in [0.1, 0.15) is 0 Å². The van der Waals surface area contributed by atoms with Crippen LogP contribution < -0.4 is 0 Å². The first-order chi connectivity index (χ1) is 10.8. The molecule has 0 saturated carbocycles. The van der Waals surface area contributed by atoms with E-state index in [1.807, 2.05) is 11.0 Å². The van der Waals surface area contributed by atoms with Gasteiger partial charge in [0.2, 0.25) is 0 Å². The van der Waals surface area contributed by atoms with Gasteiger partial charge in [0.05, 0.1) is 18.4 Å². The number of hydrogen-bond acceptors (Lipinski definition) is 3. The quantitative estimate of drug-likeness (QED) is 0.854. The second-order valence-corrected chi connectivity index (χ2v) is 6.23.